The summed E-state index contributed by atoms with van der Waals surface area (Å²) in [5.74, 6) is -0.849. The minimum atomic E-state index is -1.38. The van der Waals surface area contributed by atoms with Gasteiger partial charge in [-0.3, -0.25) is 14.9 Å². The predicted molar refractivity (Wildman–Crippen MR) is 123 cm³/mol. The van der Waals surface area contributed by atoms with Crippen LogP contribution in [0.5, 0.6) is 5.75 Å². The number of aromatic carboxylic acids is 1. The van der Waals surface area contributed by atoms with E-state index >= 15 is 0 Å². The topological polar surface area (TPSA) is 130 Å². The van der Waals surface area contributed by atoms with Crippen molar-refractivity contribution >= 4 is 29.3 Å². The first-order chi connectivity index (χ1) is 16.1. The zero-order chi connectivity index (χ0) is 24.5. The normalized spacial score (nSPS) is 12.6. The fraction of sp³-hybridized carbons (Fsp3) is 0.292. The van der Waals surface area contributed by atoms with Gasteiger partial charge in [0.05, 0.1) is 35.3 Å². The molecule has 1 amide bonds. The minimum Gasteiger partial charge on any atom is -0.545 e. The molecule has 0 unspecified atom stereocenters. The Kier molecular flexibility index (Phi) is 7.68. The molecule has 4 heterocycles. The number of hydrogen-bond donors (Lipinski definition) is 1. The molecule has 35 heavy (non-hydrogen) atoms. The largest absolute Gasteiger partial charge is 1.00 e. The van der Waals surface area contributed by atoms with E-state index in [-0.39, 0.29) is 54.8 Å². The summed E-state index contributed by atoms with van der Waals surface area (Å²) in [4.78, 5) is 39.0. The molecule has 0 bridgehead atoms. The van der Waals surface area contributed by atoms with E-state index in [4.69, 9.17) is 9.47 Å². The smallest absolute Gasteiger partial charge is 0.545 e. The van der Waals surface area contributed by atoms with Crippen molar-refractivity contribution in [3.8, 4) is 17.1 Å². The Bertz CT molecular complexity index is 1260. The second-order valence-corrected chi connectivity index (χ2v) is 8.69. The number of carboxylic acids is 1. The SMILES string of the molecule is Cc1cccc(-c2cc(Nc3ccncc3C(=O)[O-])c3c(n2)N(C(=O)OC(C)(C)C)CCO3)n1.[Li+]. The average Bonchev–Trinajstić information content (AvgIpc) is 2.77. The van der Waals surface area contributed by atoms with Gasteiger partial charge in [-0.25, -0.2) is 9.78 Å². The number of carbonyl (C=O) groups is 2. The Morgan fingerprint density at radius 3 is 2.60 bits per heavy atom. The van der Waals surface area contributed by atoms with E-state index in [0.29, 0.717) is 17.1 Å². The predicted octanol–water partition coefficient (Wildman–Crippen LogP) is 0.0920. The van der Waals surface area contributed by atoms with Crippen molar-refractivity contribution in [2.45, 2.75) is 33.3 Å². The van der Waals surface area contributed by atoms with E-state index in [2.05, 4.69) is 20.3 Å². The molecular weight excluding hydrogens is 445 g/mol. The summed E-state index contributed by atoms with van der Waals surface area (Å²) in [6, 6.07) is 8.72. The molecule has 1 aliphatic rings. The molecule has 1 N–H and O–H groups in total. The van der Waals surface area contributed by atoms with Gasteiger partial charge in [0.1, 0.15) is 12.2 Å². The van der Waals surface area contributed by atoms with Crippen LogP contribution in [-0.4, -0.2) is 45.8 Å². The molecule has 3 aromatic heterocycles. The van der Waals surface area contributed by atoms with Gasteiger partial charge in [-0.15, -0.1) is 0 Å². The van der Waals surface area contributed by atoms with Crippen molar-refractivity contribution in [1.29, 1.82) is 0 Å². The number of ether oxygens (including phenoxy) is 2. The molecule has 0 saturated heterocycles. The summed E-state index contributed by atoms with van der Waals surface area (Å²) < 4.78 is 11.4. The number of aryl methyl sites for hydroxylation is 1. The molecule has 0 aliphatic carbocycles. The summed E-state index contributed by atoms with van der Waals surface area (Å²) >= 11 is 0. The number of carboxylic acid groups (broad SMARTS) is 1. The van der Waals surface area contributed by atoms with E-state index in [9.17, 15) is 14.7 Å². The third kappa shape index (κ3) is 5.91. The summed E-state index contributed by atoms with van der Waals surface area (Å²) in [6.45, 7) is 7.65. The minimum absolute atomic E-state index is 0. The van der Waals surface area contributed by atoms with Crippen molar-refractivity contribution in [3.63, 3.8) is 0 Å². The van der Waals surface area contributed by atoms with Gasteiger partial charge < -0.3 is 24.7 Å². The summed E-state index contributed by atoms with van der Waals surface area (Å²) in [5.41, 5.74) is 1.67. The van der Waals surface area contributed by atoms with Crippen molar-refractivity contribution in [3.05, 3.63) is 54.0 Å². The number of hydrogen-bond acceptors (Lipinski definition) is 9. The molecule has 1 aliphatic heterocycles. The van der Waals surface area contributed by atoms with Crippen molar-refractivity contribution in [1.82, 2.24) is 15.0 Å². The number of anilines is 3. The molecule has 0 radical (unpaired) electrons. The van der Waals surface area contributed by atoms with Gasteiger partial charge in [0.25, 0.3) is 0 Å². The fourth-order valence-electron chi connectivity index (χ4n) is 3.41. The number of fused-ring (bicyclic) bond motifs is 1. The Labute approximate surface area is 214 Å². The van der Waals surface area contributed by atoms with Crippen LogP contribution in [0.25, 0.3) is 11.4 Å². The molecule has 3 aromatic rings. The van der Waals surface area contributed by atoms with E-state index in [1.54, 1.807) is 32.9 Å². The van der Waals surface area contributed by atoms with Gasteiger partial charge in [-0.1, -0.05) is 6.07 Å². The first kappa shape index (κ1) is 26.0. The molecule has 10 nitrogen and oxygen atoms in total. The Balaban J connectivity index is 0.00000342. The van der Waals surface area contributed by atoms with Crippen LogP contribution in [0.15, 0.2) is 42.7 Å². The number of pyridine rings is 3. The fourth-order valence-corrected chi connectivity index (χ4v) is 3.41. The second-order valence-electron chi connectivity index (χ2n) is 8.69. The number of amides is 1. The van der Waals surface area contributed by atoms with Crippen LogP contribution in [0.2, 0.25) is 0 Å². The number of rotatable bonds is 4. The molecule has 0 fully saturated rings. The molecule has 0 atom stereocenters. The summed E-state index contributed by atoms with van der Waals surface area (Å²) in [5, 5.41) is 14.7. The number of nitrogens with one attached hydrogen (secondary N) is 1. The van der Waals surface area contributed by atoms with Crippen molar-refractivity contribution < 1.29 is 43.0 Å². The molecule has 11 heteroatoms. The van der Waals surface area contributed by atoms with Gasteiger partial charge >= 0.3 is 25.0 Å². The third-order valence-electron chi connectivity index (χ3n) is 4.85. The maximum atomic E-state index is 13.0. The van der Waals surface area contributed by atoms with Gasteiger partial charge in [0.2, 0.25) is 0 Å². The molecule has 4 rings (SSSR count). The zero-order valence-electron chi connectivity index (χ0n) is 20.3. The Morgan fingerprint density at radius 1 is 1.14 bits per heavy atom. The van der Waals surface area contributed by atoms with E-state index < -0.39 is 17.7 Å². The Morgan fingerprint density at radius 2 is 1.91 bits per heavy atom. The average molecular weight is 469 g/mol. The van der Waals surface area contributed by atoms with E-state index in [1.165, 1.54) is 23.4 Å². The van der Waals surface area contributed by atoms with E-state index in [1.807, 2.05) is 19.1 Å². The Hall–Kier alpha value is -3.61. The standard InChI is InChI=1S/C24H25N5O5.Li/c1-14-6-5-7-17(26-14)18-12-19(27-16-8-9-25-13-15(16)22(30)31)20-21(28-18)29(10-11-33-20)23(32)34-24(2,3)4;/h5-9,12-13H,10-11H2,1-4H3,(H,30,31)(H,25,27,28);/q;+1/p-1. The quantitative estimate of drug-likeness (QED) is 0.529. The third-order valence-corrected chi connectivity index (χ3v) is 4.85. The van der Waals surface area contributed by atoms with Crippen LogP contribution in [-0.2, 0) is 4.74 Å². The van der Waals surface area contributed by atoms with Gasteiger partial charge in [0, 0.05) is 23.7 Å². The molecule has 0 aromatic carbocycles. The second kappa shape index (κ2) is 10.3. The van der Waals surface area contributed by atoms with E-state index in [0.717, 1.165) is 5.69 Å². The van der Waals surface area contributed by atoms with Crippen LogP contribution < -0.4 is 38.9 Å². The molecule has 0 saturated carbocycles. The molecular formula is C24H24LiN5O5. The van der Waals surface area contributed by atoms with Crippen LogP contribution in [0.4, 0.5) is 22.0 Å². The number of carbonyl (C=O) groups excluding carboxylic acids is 2. The van der Waals surface area contributed by atoms with Crippen LogP contribution in [0.1, 0.15) is 36.8 Å². The number of nitrogens with zero attached hydrogens (tertiary/aromatic N) is 4. The van der Waals surface area contributed by atoms with Gasteiger partial charge in [0.15, 0.2) is 11.6 Å². The molecule has 0 spiro atoms. The van der Waals surface area contributed by atoms with Crippen molar-refractivity contribution in [2.24, 2.45) is 0 Å². The first-order valence-corrected chi connectivity index (χ1v) is 10.7. The maximum absolute atomic E-state index is 13.0. The van der Waals surface area contributed by atoms with Crippen LogP contribution >= 0.6 is 0 Å². The summed E-state index contributed by atoms with van der Waals surface area (Å²) in [6.07, 6.45) is 2.09. The van der Waals surface area contributed by atoms with Gasteiger partial charge in [-0.05, 0) is 52.0 Å². The van der Waals surface area contributed by atoms with Gasteiger partial charge in [-0.2, -0.15) is 0 Å². The monoisotopic (exact) mass is 469 g/mol. The van der Waals surface area contributed by atoms with Crippen molar-refractivity contribution in [2.75, 3.05) is 23.4 Å². The summed E-state index contributed by atoms with van der Waals surface area (Å²) in [7, 11) is 0. The van der Waals surface area contributed by atoms with Crippen LogP contribution in [0, 0.1) is 6.92 Å². The van der Waals surface area contributed by atoms with Crippen LogP contribution in [0.3, 0.4) is 0 Å². The zero-order valence-corrected chi connectivity index (χ0v) is 20.3. The maximum Gasteiger partial charge on any atom is 1.00 e. The molecule has 176 valence electrons. The first-order valence-electron chi connectivity index (χ1n) is 10.7. The number of aromatic nitrogens is 3.